The van der Waals surface area contributed by atoms with Gasteiger partial charge < -0.3 is 0 Å². The van der Waals surface area contributed by atoms with Crippen molar-refractivity contribution in [1.82, 2.24) is 15.4 Å². The number of hydrogen-bond donors (Lipinski definition) is 1. The molecule has 0 amide bonds. The van der Waals surface area contributed by atoms with Gasteiger partial charge in [-0.15, -0.1) is 5.10 Å². The van der Waals surface area contributed by atoms with Crippen LogP contribution in [0, 0.1) is 5.82 Å². The van der Waals surface area contributed by atoms with Gasteiger partial charge >= 0.3 is 0 Å². The van der Waals surface area contributed by atoms with Crippen LogP contribution in [-0.4, -0.2) is 26.4 Å². The average molecular weight is 369 g/mol. The van der Waals surface area contributed by atoms with E-state index in [4.69, 9.17) is 0 Å². The highest BCUT2D eigenvalue weighted by atomic mass is 32.2. The van der Waals surface area contributed by atoms with E-state index in [0.717, 1.165) is 17.7 Å². The van der Waals surface area contributed by atoms with Gasteiger partial charge in [-0.25, -0.2) is 14.5 Å². The topological polar surface area (TPSA) is 91.3 Å². The van der Waals surface area contributed by atoms with E-state index in [1.807, 2.05) is 0 Å². The number of benzene rings is 1. The van der Waals surface area contributed by atoms with E-state index in [0.29, 0.717) is 34.3 Å². The number of fused-ring (bicyclic) bond motifs is 3. The normalized spacial score (nSPS) is 21.3. The zero-order valence-corrected chi connectivity index (χ0v) is 14.2. The number of rotatable bonds is 1. The van der Waals surface area contributed by atoms with Crippen LogP contribution in [0.25, 0.3) is 0 Å². The van der Waals surface area contributed by atoms with Gasteiger partial charge in [0.05, 0.1) is 11.7 Å². The van der Waals surface area contributed by atoms with E-state index >= 15 is 0 Å². The Labute approximate surface area is 151 Å². The molecule has 0 saturated carbocycles. The molecule has 1 aliphatic carbocycles. The number of aromatic amines is 1. The first-order valence-corrected chi connectivity index (χ1v) is 8.98. The Bertz CT molecular complexity index is 1060. The van der Waals surface area contributed by atoms with Gasteiger partial charge in [0.25, 0.3) is 5.56 Å². The van der Waals surface area contributed by atoms with E-state index in [-0.39, 0.29) is 17.2 Å². The molecular formula is C17H12FN5O2S. The van der Waals surface area contributed by atoms with Crippen LogP contribution in [0.15, 0.2) is 50.2 Å². The summed E-state index contributed by atoms with van der Waals surface area (Å²) in [6.45, 7) is 0. The molecule has 2 aliphatic heterocycles. The molecule has 0 saturated heterocycles. The Morgan fingerprint density at radius 2 is 2.00 bits per heavy atom. The highest BCUT2D eigenvalue weighted by Gasteiger charge is 2.44. The molecule has 3 heterocycles. The lowest BCUT2D eigenvalue weighted by molar-refractivity contribution is -0.116. The number of anilines is 1. The zero-order chi connectivity index (χ0) is 17.8. The number of Topliss-reactive ketones (excluding diaryl/α,β-unsaturated/α-hetero) is 1. The third kappa shape index (κ3) is 2.16. The first-order valence-electron chi connectivity index (χ1n) is 8.16. The number of aromatic nitrogens is 3. The van der Waals surface area contributed by atoms with Crippen LogP contribution in [0.4, 0.5) is 10.2 Å². The number of aliphatic imine (C=N–C) groups is 1. The summed E-state index contributed by atoms with van der Waals surface area (Å²) in [4.78, 5) is 31.6. The van der Waals surface area contributed by atoms with Gasteiger partial charge in [-0.2, -0.15) is 0 Å². The highest BCUT2D eigenvalue weighted by molar-refractivity contribution is 8.14. The lowest BCUT2D eigenvalue weighted by Gasteiger charge is -2.36. The fourth-order valence-corrected chi connectivity index (χ4v) is 4.58. The summed E-state index contributed by atoms with van der Waals surface area (Å²) < 4.78 is 13.4. The van der Waals surface area contributed by atoms with Gasteiger partial charge in [0, 0.05) is 12.0 Å². The minimum absolute atomic E-state index is 0.0274. The van der Waals surface area contributed by atoms with Crippen molar-refractivity contribution < 1.29 is 9.18 Å². The van der Waals surface area contributed by atoms with E-state index in [1.54, 1.807) is 17.0 Å². The Morgan fingerprint density at radius 1 is 1.19 bits per heavy atom. The number of nitrogens with one attached hydrogen (secondary N) is 1. The van der Waals surface area contributed by atoms with E-state index in [2.05, 4.69) is 20.4 Å². The molecule has 0 radical (unpaired) electrons. The maximum atomic E-state index is 13.4. The van der Waals surface area contributed by atoms with Gasteiger partial charge in [0.2, 0.25) is 0 Å². The summed E-state index contributed by atoms with van der Waals surface area (Å²) in [5.74, 6) is 0.0476. The van der Waals surface area contributed by atoms with Crippen molar-refractivity contribution >= 4 is 28.5 Å². The Hall–Kier alpha value is -2.81. The zero-order valence-electron chi connectivity index (χ0n) is 13.4. The van der Waals surface area contributed by atoms with Gasteiger partial charge in [-0.1, -0.05) is 17.3 Å². The SMILES string of the molecule is O=C1CCCC2=C1C(c1ccc(F)cc1)N1C(=N2)Sc2c1nn[nH]c2=O. The highest BCUT2D eigenvalue weighted by Crippen LogP contribution is 2.49. The Balaban J connectivity index is 1.75. The number of thioether (sulfide) groups is 1. The predicted octanol–water partition coefficient (Wildman–Crippen LogP) is 2.33. The number of halogens is 1. The third-order valence-electron chi connectivity index (χ3n) is 4.71. The smallest absolute Gasteiger partial charge is 0.283 e. The Morgan fingerprint density at radius 3 is 2.81 bits per heavy atom. The van der Waals surface area contributed by atoms with Crippen LogP contribution in [-0.2, 0) is 4.79 Å². The molecule has 1 unspecified atom stereocenters. The average Bonchev–Trinajstić information content (AvgIpc) is 3.01. The summed E-state index contributed by atoms with van der Waals surface area (Å²) in [6, 6.07) is 5.54. The minimum atomic E-state index is -0.490. The van der Waals surface area contributed by atoms with Crippen molar-refractivity contribution in [1.29, 1.82) is 0 Å². The lowest BCUT2D eigenvalue weighted by Crippen LogP contribution is -2.38. The fraction of sp³-hybridized carbons (Fsp3) is 0.235. The quantitative estimate of drug-likeness (QED) is 0.830. The molecule has 5 rings (SSSR count). The molecule has 130 valence electrons. The van der Waals surface area contributed by atoms with E-state index in [1.165, 1.54) is 23.9 Å². The van der Waals surface area contributed by atoms with Crippen molar-refractivity contribution in [2.24, 2.45) is 4.99 Å². The van der Waals surface area contributed by atoms with E-state index in [9.17, 15) is 14.0 Å². The lowest BCUT2D eigenvalue weighted by atomic mass is 9.85. The van der Waals surface area contributed by atoms with Crippen LogP contribution in [0.2, 0.25) is 0 Å². The van der Waals surface area contributed by atoms with Gasteiger partial charge in [-0.3, -0.25) is 14.5 Å². The van der Waals surface area contributed by atoms with Gasteiger partial charge in [0.15, 0.2) is 16.8 Å². The number of carbonyl (C=O) groups is 1. The number of allylic oxidation sites excluding steroid dienone is 1. The number of H-pyrrole nitrogens is 1. The molecule has 3 aliphatic rings. The Kier molecular flexibility index (Phi) is 3.33. The van der Waals surface area contributed by atoms with Crippen molar-refractivity contribution in [3.05, 3.63) is 57.3 Å². The maximum absolute atomic E-state index is 13.4. The van der Waals surface area contributed by atoms with E-state index < -0.39 is 6.04 Å². The third-order valence-corrected chi connectivity index (χ3v) is 5.75. The molecule has 0 bridgehead atoms. The molecule has 1 atom stereocenters. The summed E-state index contributed by atoms with van der Waals surface area (Å²) >= 11 is 1.22. The maximum Gasteiger partial charge on any atom is 0.283 e. The first-order chi connectivity index (χ1) is 12.6. The standard InChI is InChI=1S/C17H12FN5O2S/c18-9-6-4-8(5-7-9)13-12-10(2-1-3-11(12)24)19-17-23(13)15-14(26-17)16(25)21-22-20-15/h4-7,13H,1-3H2,(H,20,21,25). The molecule has 9 heteroatoms. The predicted molar refractivity (Wildman–Crippen MR) is 93.4 cm³/mol. The second-order valence-electron chi connectivity index (χ2n) is 6.25. The number of carbonyl (C=O) groups excluding carboxylic acids is 1. The van der Waals surface area contributed by atoms with Crippen molar-refractivity contribution in [2.45, 2.75) is 30.2 Å². The second kappa shape index (κ2) is 5.60. The molecule has 1 N–H and O–H groups in total. The summed E-state index contributed by atoms with van der Waals surface area (Å²) in [5.41, 5.74) is 1.74. The van der Waals surface area contributed by atoms with Gasteiger partial charge in [0.1, 0.15) is 10.7 Å². The first kappa shape index (κ1) is 15.4. The van der Waals surface area contributed by atoms with Crippen LogP contribution < -0.4 is 10.5 Å². The molecule has 0 fully saturated rings. The number of ketones is 1. The molecular weight excluding hydrogens is 357 g/mol. The number of hydrogen-bond acceptors (Lipinski definition) is 7. The number of nitrogens with zero attached hydrogens (tertiary/aromatic N) is 4. The van der Waals surface area contributed by atoms with Crippen LogP contribution in [0.1, 0.15) is 30.9 Å². The van der Waals surface area contributed by atoms with Crippen LogP contribution in [0.5, 0.6) is 0 Å². The fourth-order valence-electron chi connectivity index (χ4n) is 3.58. The summed E-state index contributed by atoms with van der Waals surface area (Å²) in [6.07, 6.45) is 1.91. The van der Waals surface area contributed by atoms with Crippen molar-refractivity contribution in [2.75, 3.05) is 4.90 Å². The van der Waals surface area contributed by atoms with Crippen molar-refractivity contribution in [3.8, 4) is 0 Å². The summed E-state index contributed by atoms with van der Waals surface area (Å²) in [7, 11) is 0. The molecule has 7 nitrogen and oxygen atoms in total. The molecule has 0 spiro atoms. The summed E-state index contributed by atoms with van der Waals surface area (Å²) in [5, 5.41) is 10.6. The molecule has 2 aromatic rings. The van der Waals surface area contributed by atoms with Gasteiger partial charge in [-0.05, 0) is 42.3 Å². The second-order valence-corrected chi connectivity index (χ2v) is 7.23. The molecule has 1 aromatic carbocycles. The van der Waals surface area contributed by atoms with Crippen LogP contribution in [0.3, 0.4) is 0 Å². The number of amidine groups is 1. The van der Waals surface area contributed by atoms with Crippen molar-refractivity contribution in [3.63, 3.8) is 0 Å². The monoisotopic (exact) mass is 369 g/mol. The minimum Gasteiger partial charge on any atom is -0.294 e. The molecule has 26 heavy (non-hydrogen) atoms. The largest absolute Gasteiger partial charge is 0.294 e. The molecule has 1 aromatic heterocycles. The van der Waals surface area contributed by atoms with Crippen LogP contribution >= 0.6 is 11.8 Å².